The zero-order valence-corrected chi connectivity index (χ0v) is 12.9. The molecule has 1 heterocycles. The highest BCUT2D eigenvalue weighted by Gasteiger charge is 2.47. The summed E-state index contributed by atoms with van der Waals surface area (Å²) in [7, 11) is 3.20. The number of rotatable bonds is 3. The van der Waals surface area contributed by atoms with E-state index in [1.54, 1.807) is 14.2 Å². The van der Waals surface area contributed by atoms with Crippen molar-refractivity contribution < 1.29 is 9.47 Å². The Bertz CT molecular complexity index is 522. The Morgan fingerprint density at radius 3 is 2.47 bits per heavy atom. The number of methoxy groups -OCH3 is 2. The third-order valence-electron chi connectivity index (χ3n) is 3.90. The summed E-state index contributed by atoms with van der Waals surface area (Å²) in [4.78, 5) is 0. The van der Waals surface area contributed by atoms with Gasteiger partial charge in [-0.05, 0) is 17.5 Å². The van der Waals surface area contributed by atoms with Crippen molar-refractivity contribution in [1.82, 2.24) is 0 Å². The maximum atomic E-state index is 9.43. The Hall–Kier alpha value is -0.720. The van der Waals surface area contributed by atoms with E-state index in [2.05, 4.69) is 18.2 Å². The molecule has 102 valence electrons. The predicted octanol–water partition coefficient (Wildman–Crippen LogP) is 2.32. The lowest BCUT2D eigenvalue weighted by Crippen LogP contribution is -2.47. The van der Waals surface area contributed by atoms with E-state index in [1.165, 1.54) is 5.30 Å². The van der Waals surface area contributed by atoms with Crippen molar-refractivity contribution in [1.29, 1.82) is 5.26 Å². The number of nitriles is 1. The van der Waals surface area contributed by atoms with E-state index < -0.39 is 11.8 Å². The maximum Gasteiger partial charge on any atom is 0.184 e. The van der Waals surface area contributed by atoms with E-state index in [0.29, 0.717) is 12.6 Å². The third kappa shape index (κ3) is 2.61. The summed E-state index contributed by atoms with van der Waals surface area (Å²) in [6.45, 7) is 0. The first-order valence-corrected chi connectivity index (χ1v) is 9.41. The smallest absolute Gasteiger partial charge is 0.184 e. The van der Waals surface area contributed by atoms with E-state index >= 15 is 0 Å². The molecular formula is C14H18NO2PS. The molecule has 1 aromatic carbocycles. The maximum absolute atomic E-state index is 9.43. The minimum absolute atomic E-state index is 0.303. The van der Waals surface area contributed by atoms with Crippen LogP contribution in [0.4, 0.5) is 0 Å². The SMILES string of the molecule is COC1(OC)CCP(=S)(c2ccccc2)CC1C#N. The molecule has 0 saturated carbocycles. The molecule has 1 aromatic rings. The molecule has 2 atom stereocenters. The Morgan fingerprint density at radius 1 is 1.32 bits per heavy atom. The van der Waals surface area contributed by atoms with E-state index in [1.807, 2.05) is 18.2 Å². The summed E-state index contributed by atoms with van der Waals surface area (Å²) in [5, 5.41) is 10.6. The van der Waals surface area contributed by atoms with Crippen molar-refractivity contribution in [2.45, 2.75) is 12.2 Å². The molecule has 0 N–H and O–H groups in total. The normalized spacial score (nSPS) is 29.6. The number of nitrogens with zero attached hydrogens (tertiary/aromatic N) is 1. The van der Waals surface area contributed by atoms with Gasteiger partial charge < -0.3 is 9.47 Å². The first kappa shape index (κ1) is 14.7. The molecule has 1 aliphatic heterocycles. The van der Waals surface area contributed by atoms with Gasteiger partial charge >= 0.3 is 0 Å². The lowest BCUT2D eigenvalue weighted by Gasteiger charge is -2.43. The van der Waals surface area contributed by atoms with Gasteiger partial charge in [-0.15, -0.1) is 0 Å². The molecule has 1 fully saturated rings. The van der Waals surface area contributed by atoms with Gasteiger partial charge in [0.25, 0.3) is 0 Å². The van der Waals surface area contributed by atoms with Gasteiger partial charge in [-0.2, -0.15) is 5.26 Å². The van der Waals surface area contributed by atoms with Crippen molar-refractivity contribution >= 4 is 23.1 Å². The average Bonchev–Trinajstić information content (AvgIpc) is 2.48. The highest BCUT2D eigenvalue weighted by atomic mass is 32.4. The second-order valence-corrected chi connectivity index (χ2v) is 9.99. The summed E-state index contributed by atoms with van der Waals surface area (Å²) >= 11 is 5.91. The van der Waals surface area contributed by atoms with Crippen molar-refractivity contribution in [2.24, 2.45) is 5.92 Å². The number of hydrogen-bond donors (Lipinski definition) is 0. The number of hydrogen-bond acceptors (Lipinski definition) is 4. The van der Waals surface area contributed by atoms with Gasteiger partial charge in [0.05, 0.1) is 6.07 Å². The Kier molecular flexibility index (Phi) is 4.43. The molecular weight excluding hydrogens is 277 g/mol. The van der Waals surface area contributed by atoms with Crippen molar-refractivity contribution in [3.8, 4) is 6.07 Å². The molecule has 0 amide bonds. The van der Waals surface area contributed by atoms with E-state index in [9.17, 15) is 5.26 Å². The highest BCUT2D eigenvalue weighted by molar-refractivity contribution is 8.18. The van der Waals surface area contributed by atoms with Crippen LogP contribution >= 0.6 is 6.04 Å². The molecule has 2 rings (SSSR count). The Balaban J connectivity index is 2.32. The molecule has 3 nitrogen and oxygen atoms in total. The summed E-state index contributed by atoms with van der Waals surface area (Å²) in [5.74, 6) is -1.09. The summed E-state index contributed by atoms with van der Waals surface area (Å²) < 4.78 is 11.0. The van der Waals surface area contributed by atoms with Gasteiger partial charge in [-0.3, -0.25) is 0 Å². The zero-order chi connectivity index (χ0) is 13.9. The molecule has 2 unspecified atom stereocenters. The summed E-state index contributed by atoms with van der Waals surface area (Å²) in [6, 6.07) is 10.8. The van der Waals surface area contributed by atoms with Gasteiger partial charge in [0.15, 0.2) is 5.79 Å². The molecule has 0 aromatic heterocycles. The van der Waals surface area contributed by atoms with Crippen LogP contribution in [0.15, 0.2) is 30.3 Å². The molecule has 0 radical (unpaired) electrons. The fraction of sp³-hybridized carbons (Fsp3) is 0.500. The number of benzene rings is 1. The Morgan fingerprint density at radius 2 is 1.95 bits per heavy atom. The van der Waals surface area contributed by atoms with Crippen molar-refractivity contribution in [2.75, 3.05) is 26.5 Å². The monoisotopic (exact) mass is 295 g/mol. The van der Waals surface area contributed by atoms with Crippen LogP contribution in [-0.4, -0.2) is 32.3 Å². The van der Waals surface area contributed by atoms with E-state index in [-0.39, 0.29) is 5.92 Å². The quantitative estimate of drug-likeness (QED) is 0.634. The molecule has 0 bridgehead atoms. The number of ether oxygens (including phenoxy) is 2. The molecule has 5 heteroatoms. The second-order valence-electron chi connectivity index (χ2n) is 4.78. The largest absolute Gasteiger partial charge is 0.352 e. The van der Waals surface area contributed by atoms with Crippen LogP contribution in [0, 0.1) is 17.2 Å². The van der Waals surface area contributed by atoms with E-state index in [0.717, 1.165) is 6.16 Å². The fourth-order valence-electron chi connectivity index (χ4n) is 2.68. The van der Waals surface area contributed by atoms with Gasteiger partial charge in [0.2, 0.25) is 0 Å². The van der Waals surface area contributed by atoms with Gasteiger partial charge in [0, 0.05) is 26.8 Å². The van der Waals surface area contributed by atoms with Crippen molar-refractivity contribution in [3.63, 3.8) is 0 Å². The van der Waals surface area contributed by atoms with Crippen LogP contribution in [0.2, 0.25) is 0 Å². The summed E-state index contributed by atoms with van der Waals surface area (Å²) in [6.07, 6.45) is 2.25. The van der Waals surface area contributed by atoms with Crippen LogP contribution in [-0.2, 0) is 21.3 Å². The molecule has 19 heavy (non-hydrogen) atoms. The van der Waals surface area contributed by atoms with Gasteiger partial charge in [-0.25, -0.2) is 0 Å². The van der Waals surface area contributed by atoms with Crippen LogP contribution in [0.25, 0.3) is 0 Å². The first-order valence-electron chi connectivity index (χ1n) is 6.24. The minimum atomic E-state index is -1.69. The molecule has 0 aliphatic carbocycles. The third-order valence-corrected chi connectivity index (χ3v) is 8.67. The van der Waals surface area contributed by atoms with Crippen LogP contribution in [0.5, 0.6) is 0 Å². The highest BCUT2D eigenvalue weighted by Crippen LogP contribution is 2.54. The molecule has 1 saturated heterocycles. The first-order chi connectivity index (χ1) is 9.10. The minimum Gasteiger partial charge on any atom is -0.352 e. The van der Waals surface area contributed by atoms with E-state index in [4.69, 9.17) is 21.3 Å². The van der Waals surface area contributed by atoms with Gasteiger partial charge in [0.1, 0.15) is 5.92 Å². The lowest BCUT2D eigenvalue weighted by molar-refractivity contribution is -0.227. The second kappa shape index (κ2) is 5.73. The van der Waals surface area contributed by atoms with Crippen LogP contribution in [0.1, 0.15) is 6.42 Å². The predicted molar refractivity (Wildman–Crippen MR) is 80.6 cm³/mol. The lowest BCUT2D eigenvalue weighted by atomic mass is 9.98. The Labute approximate surface area is 119 Å². The average molecular weight is 295 g/mol. The summed E-state index contributed by atoms with van der Waals surface area (Å²) in [5.41, 5.74) is 0. The van der Waals surface area contributed by atoms with Crippen LogP contribution < -0.4 is 5.30 Å². The zero-order valence-electron chi connectivity index (χ0n) is 11.2. The topological polar surface area (TPSA) is 42.2 Å². The van der Waals surface area contributed by atoms with Crippen LogP contribution in [0.3, 0.4) is 0 Å². The molecule has 1 aliphatic rings. The fourth-order valence-corrected chi connectivity index (χ4v) is 6.76. The van der Waals surface area contributed by atoms with Crippen molar-refractivity contribution in [3.05, 3.63) is 30.3 Å². The van der Waals surface area contributed by atoms with Gasteiger partial charge in [-0.1, -0.05) is 42.1 Å². The molecule has 0 spiro atoms. The standard InChI is InChI=1S/C14H18NO2PS/c1-16-14(17-2)8-9-18(19,11-12(14)10-15)13-6-4-3-5-7-13/h3-7,12H,8-9,11H2,1-2H3.